The quantitative estimate of drug-likeness (QED) is 0.706. The zero-order chi connectivity index (χ0) is 10.8. The zero-order valence-corrected chi connectivity index (χ0v) is 8.61. The molecule has 1 heterocycles. The van der Waals surface area contributed by atoms with Crippen molar-refractivity contribution in [3.63, 3.8) is 0 Å². The van der Waals surface area contributed by atoms with Crippen LogP contribution in [0.4, 0.5) is 0 Å². The SMILES string of the molecule is COc1cc2nccc(C)c2cc1C#N. The van der Waals surface area contributed by atoms with Crippen molar-refractivity contribution in [2.45, 2.75) is 6.92 Å². The van der Waals surface area contributed by atoms with Crippen LogP contribution in [0.15, 0.2) is 24.4 Å². The minimum absolute atomic E-state index is 0.543. The highest BCUT2D eigenvalue weighted by Crippen LogP contribution is 2.25. The van der Waals surface area contributed by atoms with E-state index in [1.807, 2.05) is 19.1 Å². The van der Waals surface area contributed by atoms with Gasteiger partial charge in [0.1, 0.15) is 11.8 Å². The highest BCUT2D eigenvalue weighted by molar-refractivity contribution is 5.85. The van der Waals surface area contributed by atoms with E-state index < -0.39 is 0 Å². The van der Waals surface area contributed by atoms with Gasteiger partial charge in [0.25, 0.3) is 0 Å². The van der Waals surface area contributed by atoms with Crippen molar-refractivity contribution in [3.05, 3.63) is 35.5 Å². The molecule has 0 aliphatic carbocycles. The average molecular weight is 198 g/mol. The summed E-state index contributed by atoms with van der Waals surface area (Å²) in [6.07, 6.45) is 1.75. The van der Waals surface area contributed by atoms with E-state index >= 15 is 0 Å². The van der Waals surface area contributed by atoms with Crippen LogP contribution < -0.4 is 4.74 Å². The van der Waals surface area contributed by atoms with Crippen LogP contribution in [-0.4, -0.2) is 12.1 Å². The number of rotatable bonds is 1. The third-order valence-electron chi connectivity index (χ3n) is 2.40. The van der Waals surface area contributed by atoms with E-state index in [1.165, 1.54) is 0 Å². The van der Waals surface area contributed by atoms with Crippen molar-refractivity contribution < 1.29 is 4.74 Å². The van der Waals surface area contributed by atoms with Crippen molar-refractivity contribution in [3.8, 4) is 11.8 Å². The standard InChI is InChI=1S/C12H10N2O/c1-8-3-4-14-11-6-12(15-2)9(7-13)5-10(8)11/h3-6H,1-2H3. The molecule has 0 fully saturated rings. The van der Waals surface area contributed by atoms with E-state index in [-0.39, 0.29) is 0 Å². The van der Waals surface area contributed by atoms with Gasteiger partial charge in [-0.2, -0.15) is 5.26 Å². The van der Waals surface area contributed by atoms with E-state index in [4.69, 9.17) is 10.00 Å². The summed E-state index contributed by atoms with van der Waals surface area (Å²) in [6, 6.07) is 7.65. The molecular weight excluding hydrogens is 188 g/mol. The first-order chi connectivity index (χ1) is 7.26. The van der Waals surface area contributed by atoms with Gasteiger partial charge in [0.15, 0.2) is 0 Å². The molecule has 1 aromatic heterocycles. The summed E-state index contributed by atoms with van der Waals surface area (Å²) in [5.74, 6) is 0.572. The maximum atomic E-state index is 8.95. The minimum atomic E-state index is 0.543. The second-order valence-electron chi connectivity index (χ2n) is 3.31. The maximum absolute atomic E-state index is 8.95. The summed E-state index contributed by atoms with van der Waals surface area (Å²) in [7, 11) is 1.55. The topological polar surface area (TPSA) is 45.9 Å². The van der Waals surface area contributed by atoms with E-state index in [0.29, 0.717) is 11.3 Å². The molecule has 0 atom stereocenters. The molecule has 0 spiro atoms. The van der Waals surface area contributed by atoms with Gasteiger partial charge in [0.05, 0.1) is 18.2 Å². The number of aromatic nitrogens is 1. The van der Waals surface area contributed by atoms with Gasteiger partial charge in [-0.05, 0) is 24.6 Å². The predicted molar refractivity (Wildman–Crippen MR) is 57.7 cm³/mol. The van der Waals surface area contributed by atoms with Crippen LogP contribution >= 0.6 is 0 Å². The van der Waals surface area contributed by atoms with Crippen LogP contribution in [0.5, 0.6) is 5.75 Å². The molecule has 0 amide bonds. The van der Waals surface area contributed by atoms with Gasteiger partial charge in [-0.25, -0.2) is 0 Å². The molecule has 0 N–H and O–H groups in total. The number of nitrogens with zero attached hydrogens (tertiary/aromatic N) is 2. The molecule has 0 aliphatic rings. The lowest BCUT2D eigenvalue weighted by atomic mass is 10.1. The molecule has 2 aromatic rings. The summed E-state index contributed by atoms with van der Waals surface area (Å²) < 4.78 is 5.12. The van der Waals surface area contributed by atoms with Crippen molar-refractivity contribution in [2.75, 3.05) is 7.11 Å². The molecule has 0 radical (unpaired) electrons. The van der Waals surface area contributed by atoms with Crippen LogP contribution in [0.3, 0.4) is 0 Å². The third kappa shape index (κ3) is 1.50. The molecule has 0 aliphatic heterocycles. The second kappa shape index (κ2) is 3.58. The van der Waals surface area contributed by atoms with Gasteiger partial charge in [0.2, 0.25) is 0 Å². The molecule has 74 valence electrons. The fourth-order valence-electron chi connectivity index (χ4n) is 1.57. The molecule has 1 aromatic carbocycles. The van der Waals surface area contributed by atoms with Gasteiger partial charge >= 0.3 is 0 Å². The first-order valence-electron chi connectivity index (χ1n) is 4.59. The Morgan fingerprint density at radius 3 is 2.87 bits per heavy atom. The third-order valence-corrected chi connectivity index (χ3v) is 2.40. The first kappa shape index (κ1) is 9.47. The fourth-order valence-corrected chi connectivity index (χ4v) is 1.57. The second-order valence-corrected chi connectivity index (χ2v) is 3.31. The molecular formula is C12H10N2O. The lowest BCUT2D eigenvalue weighted by molar-refractivity contribution is 0.414. The summed E-state index contributed by atoms with van der Waals surface area (Å²) >= 11 is 0. The van der Waals surface area contributed by atoms with Gasteiger partial charge in [-0.3, -0.25) is 4.98 Å². The summed E-state index contributed by atoms with van der Waals surface area (Å²) in [6.45, 7) is 2.00. The van der Waals surface area contributed by atoms with E-state index in [1.54, 1.807) is 19.4 Å². The molecule has 15 heavy (non-hydrogen) atoms. The number of nitriles is 1. The Morgan fingerprint density at radius 1 is 1.40 bits per heavy atom. The number of hydrogen-bond acceptors (Lipinski definition) is 3. The van der Waals surface area contributed by atoms with Crippen LogP contribution in [0, 0.1) is 18.3 Å². The van der Waals surface area contributed by atoms with Crippen molar-refractivity contribution >= 4 is 10.9 Å². The number of aryl methyl sites for hydroxylation is 1. The van der Waals surface area contributed by atoms with Crippen LogP contribution in [-0.2, 0) is 0 Å². The highest BCUT2D eigenvalue weighted by atomic mass is 16.5. The van der Waals surface area contributed by atoms with Gasteiger partial charge in [-0.1, -0.05) is 0 Å². The Bertz CT molecular complexity index is 555. The van der Waals surface area contributed by atoms with Crippen molar-refractivity contribution in [2.24, 2.45) is 0 Å². The van der Waals surface area contributed by atoms with Crippen LogP contribution in [0.1, 0.15) is 11.1 Å². The molecule has 0 saturated carbocycles. The van der Waals surface area contributed by atoms with Gasteiger partial charge in [0, 0.05) is 17.6 Å². The number of ether oxygens (including phenoxy) is 1. The summed E-state index contributed by atoms with van der Waals surface area (Å²) in [5, 5.41) is 9.94. The normalized spacial score (nSPS) is 9.93. The Labute approximate surface area is 87.9 Å². The number of hydrogen-bond donors (Lipinski definition) is 0. The predicted octanol–water partition coefficient (Wildman–Crippen LogP) is 2.42. The minimum Gasteiger partial charge on any atom is -0.495 e. The number of pyridine rings is 1. The molecule has 3 heteroatoms. The largest absolute Gasteiger partial charge is 0.495 e. The van der Waals surface area contributed by atoms with Gasteiger partial charge < -0.3 is 4.74 Å². The molecule has 0 bridgehead atoms. The zero-order valence-electron chi connectivity index (χ0n) is 8.61. The summed E-state index contributed by atoms with van der Waals surface area (Å²) in [5.41, 5.74) is 2.51. The van der Waals surface area contributed by atoms with E-state index in [2.05, 4.69) is 11.1 Å². The maximum Gasteiger partial charge on any atom is 0.138 e. The van der Waals surface area contributed by atoms with E-state index in [9.17, 15) is 0 Å². The highest BCUT2D eigenvalue weighted by Gasteiger charge is 2.06. The van der Waals surface area contributed by atoms with Gasteiger partial charge in [-0.15, -0.1) is 0 Å². The lowest BCUT2D eigenvalue weighted by Gasteiger charge is -2.06. The molecule has 0 unspecified atom stereocenters. The number of fused-ring (bicyclic) bond motifs is 1. The fraction of sp³-hybridized carbons (Fsp3) is 0.167. The Hall–Kier alpha value is -2.08. The monoisotopic (exact) mass is 198 g/mol. The molecule has 2 rings (SSSR count). The van der Waals surface area contributed by atoms with E-state index in [0.717, 1.165) is 16.5 Å². The molecule has 0 saturated heterocycles. The van der Waals surface area contributed by atoms with Crippen molar-refractivity contribution in [1.82, 2.24) is 4.98 Å². The number of benzene rings is 1. The lowest BCUT2D eigenvalue weighted by Crippen LogP contribution is -1.90. The Morgan fingerprint density at radius 2 is 2.20 bits per heavy atom. The summed E-state index contributed by atoms with van der Waals surface area (Å²) in [4.78, 5) is 4.24. The Kier molecular flexibility index (Phi) is 2.26. The molecule has 3 nitrogen and oxygen atoms in total. The van der Waals surface area contributed by atoms with Crippen molar-refractivity contribution in [1.29, 1.82) is 5.26 Å². The van der Waals surface area contributed by atoms with Crippen LogP contribution in [0.25, 0.3) is 10.9 Å². The van der Waals surface area contributed by atoms with Crippen LogP contribution in [0.2, 0.25) is 0 Å². The number of methoxy groups -OCH3 is 1. The first-order valence-corrected chi connectivity index (χ1v) is 4.59. The smallest absolute Gasteiger partial charge is 0.138 e. The Balaban J connectivity index is 2.83. The average Bonchev–Trinajstić information content (AvgIpc) is 2.28.